The standard InChI is InChI=1S/C27H36N4O5S2/c1-5-7-12-30-23(29-11-8-10-19(17-29)26(34)36-6-2)20(18(3)21(16-28)24(30)32)15-22-25(33)31(27(37)38-22)13-9-14-35-4/h15,19H,5-14,17H2,1-4H3/b22-15-. The molecule has 0 aromatic carbocycles. The number of hydrogen-bond donors (Lipinski definition) is 0. The number of unbranched alkanes of at least 4 members (excludes halogenated alkanes) is 1. The molecule has 3 rings (SSSR count). The Morgan fingerprint density at radius 3 is 2.68 bits per heavy atom. The Morgan fingerprint density at radius 1 is 1.26 bits per heavy atom. The first kappa shape index (κ1) is 29.9. The van der Waals surface area contributed by atoms with Crippen molar-refractivity contribution in [1.29, 1.82) is 5.26 Å². The molecule has 3 heterocycles. The summed E-state index contributed by atoms with van der Waals surface area (Å²) in [5.41, 5.74) is 0.865. The summed E-state index contributed by atoms with van der Waals surface area (Å²) in [6.45, 7) is 8.32. The van der Waals surface area contributed by atoms with Crippen molar-refractivity contribution in [1.82, 2.24) is 9.47 Å². The smallest absolute Gasteiger partial charge is 0.310 e. The number of nitriles is 1. The molecule has 0 radical (unpaired) electrons. The van der Waals surface area contributed by atoms with Gasteiger partial charge in [0, 0.05) is 45.5 Å². The van der Waals surface area contributed by atoms with E-state index in [0.29, 0.717) is 78.4 Å². The molecule has 11 heteroatoms. The van der Waals surface area contributed by atoms with Gasteiger partial charge < -0.3 is 14.4 Å². The van der Waals surface area contributed by atoms with Crippen LogP contribution in [0.1, 0.15) is 62.6 Å². The van der Waals surface area contributed by atoms with E-state index < -0.39 is 0 Å². The molecule has 1 unspecified atom stereocenters. The van der Waals surface area contributed by atoms with Crippen LogP contribution in [0.3, 0.4) is 0 Å². The molecule has 1 amide bonds. The Labute approximate surface area is 233 Å². The molecular weight excluding hydrogens is 524 g/mol. The van der Waals surface area contributed by atoms with Crippen LogP contribution >= 0.6 is 24.0 Å². The third-order valence-corrected chi connectivity index (χ3v) is 8.18. The first-order valence-electron chi connectivity index (χ1n) is 13.1. The van der Waals surface area contributed by atoms with Crippen molar-refractivity contribution in [2.45, 2.75) is 59.4 Å². The van der Waals surface area contributed by atoms with Gasteiger partial charge in [0.15, 0.2) is 0 Å². The van der Waals surface area contributed by atoms with Gasteiger partial charge in [-0.05, 0) is 51.2 Å². The molecule has 2 fully saturated rings. The van der Waals surface area contributed by atoms with Gasteiger partial charge in [-0.3, -0.25) is 23.9 Å². The maximum Gasteiger partial charge on any atom is 0.310 e. The Morgan fingerprint density at radius 2 is 2.03 bits per heavy atom. The Bertz CT molecular complexity index is 1200. The zero-order valence-electron chi connectivity index (χ0n) is 22.6. The molecule has 0 aliphatic carbocycles. The molecule has 1 aromatic rings. The molecule has 0 spiro atoms. The Kier molecular flexibility index (Phi) is 10.9. The fourth-order valence-corrected chi connectivity index (χ4v) is 6.11. The molecule has 38 heavy (non-hydrogen) atoms. The maximum absolute atomic E-state index is 13.5. The summed E-state index contributed by atoms with van der Waals surface area (Å²) >= 11 is 6.71. The van der Waals surface area contributed by atoms with E-state index in [4.69, 9.17) is 21.7 Å². The molecule has 1 atom stereocenters. The number of methoxy groups -OCH3 is 1. The van der Waals surface area contributed by atoms with Crippen molar-refractivity contribution in [3.05, 3.63) is 31.9 Å². The maximum atomic E-state index is 13.5. The molecule has 2 saturated heterocycles. The highest BCUT2D eigenvalue weighted by Crippen LogP contribution is 2.37. The lowest BCUT2D eigenvalue weighted by molar-refractivity contribution is -0.148. The SMILES string of the molecule is CCCCn1c(N2CCCC(C(=O)OCC)C2)c(/C=C2\SC(=S)N(CCCOC)C2=O)c(C)c(C#N)c1=O. The van der Waals surface area contributed by atoms with Crippen molar-refractivity contribution in [3.8, 4) is 6.07 Å². The zero-order valence-corrected chi connectivity index (χ0v) is 24.2. The van der Waals surface area contributed by atoms with Gasteiger partial charge in [-0.25, -0.2) is 0 Å². The number of nitrogens with zero attached hydrogens (tertiary/aromatic N) is 4. The lowest BCUT2D eigenvalue weighted by Gasteiger charge is -2.36. The monoisotopic (exact) mass is 560 g/mol. The highest BCUT2D eigenvalue weighted by Gasteiger charge is 2.34. The summed E-state index contributed by atoms with van der Waals surface area (Å²) in [5, 5.41) is 9.89. The average molecular weight is 561 g/mol. The number of aromatic nitrogens is 1. The molecule has 206 valence electrons. The largest absolute Gasteiger partial charge is 0.466 e. The first-order chi connectivity index (χ1) is 18.3. The van der Waals surface area contributed by atoms with Gasteiger partial charge in [0.1, 0.15) is 21.8 Å². The second-order valence-electron chi connectivity index (χ2n) is 9.38. The van der Waals surface area contributed by atoms with Crippen molar-refractivity contribution < 1.29 is 19.1 Å². The number of thiocarbonyl (C=S) groups is 1. The lowest BCUT2D eigenvalue weighted by atomic mass is 9.96. The van der Waals surface area contributed by atoms with Crippen LogP contribution in [-0.4, -0.2) is 65.6 Å². The highest BCUT2D eigenvalue weighted by molar-refractivity contribution is 8.26. The molecule has 9 nitrogen and oxygen atoms in total. The van der Waals surface area contributed by atoms with E-state index in [2.05, 4.69) is 6.07 Å². The summed E-state index contributed by atoms with van der Waals surface area (Å²) in [6.07, 6.45) is 5.49. The Balaban J connectivity index is 2.15. The highest BCUT2D eigenvalue weighted by atomic mass is 32.2. The molecule has 1 aromatic heterocycles. The number of carbonyl (C=O) groups excluding carboxylic acids is 2. The van der Waals surface area contributed by atoms with E-state index >= 15 is 0 Å². The van der Waals surface area contributed by atoms with Crippen LogP contribution in [-0.2, 0) is 25.6 Å². The van der Waals surface area contributed by atoms with Crippen LogP contribution in [0.5, 0.6) is 0 Å². The van der Waals surface area contributed by atoms with Gasteiger partial charge >= 0.3 is 5.97 Å². The number of amides is 1. The zero-order chi connectivity index (χ0) is 27.8. The Hall–Kier alpha value is -2.68. The predicted molar refractivity (Wildman–Crippen MR) is 153 cm³/mol. The summed E-state index contributed by atoms with van der Waals surface area (Å²) < 4.78 is 12.5. The van der Waals surface area contributed by atoms with E-state index in [1.807, 2.05) is 11.8 Å². The average Bonchev–Trinajstić information content (AvgIpc) is 3.17. The van der Waals surface area contributed by atoms with Gasteiger partial charge in [-0.1, -0.05) is 37.3 Å². The normalized spacial score (nSPS) is 18.8. The van der Waals surface area contributed by atoms with E-state index in [1.54, 1.807) is 36.5 Å². The number of piperidine rings is 1. The van der Waals surface area contributed by atoms with Crippen LogP contribution < -0.4 is 10.5 Å². The summed E-state index contributed by atoms with van der Waals surface area (Å²) in [4.78, 5) is 43.5. The first-order valence-corrected chi connectivity index (χ1v) is 14.3. The van der Waals surface area contributed by atoms with E-state index in [0.717, 1.165) is 19.3 Å². The number of rotatable bonds is 11. The van der Waals surface area contributed by atoms with Gasteiger partial charge in [-0.15, -0.1) is 0 Å². The third kappa shape index (κ3) is 6.47. The minimum atomic E-state index is -0.351. The van der Waals surface area contributed by atoms with Gasteiger partial charge in [0.2, 0.25) is 0 Å². The molecule has 0 bridgehead atoms. The minimum Gasteiger partial charge on any atom is -0.466 e. The number of pyridine rings is 1. The molecule has 0 saturated carbocycles. The van der Waals surface area contributed by atoms with E-state index in [9.17, 15) is 19.6 Å². The second-order valence-corrected chi connectivity index (χ2v) is 11.1. The van der Waals surface area contributed by atoms with Gasteiger partial charge in [-0.2, -0.15) is 5.26 Å². The van der Waals surface area contributed by atoms with Crippen molar-refractivity contribution in [2.24, 2.45) is 5.92 Å². The number of hydrogen-bond acceptors (Lipinski definition) is 9. The van der Waals surface area contributed by atoms with Crippen LogP contribution in [0, 0.1) is 24.2 Å². The molecular formula is C27H36N4O5S2. The van der Waals surface area contributed by atoms with Crippen molar-refractivity contribution in [2.75, 3.05) is 44.9 Å². The fraction of sp³-hybridized carbons (Fsp3) is 0.593. The minimum absolute atomic E-state index is 0.0608. The fourth-order valence-electron chi connectivity index (χ4n) is 4.82. The number of thioether (sulfide) groups is 1. The topological polar surface area (TPSA) is 105 Å². The summed E-state index contributed by atoms with van der Waals surface area (Å²) in [5.74, 6) is -0.127. The molecule has 2 aliphatic heterocycles. The van der Waals surface area contributed by atoms with Gasteiger partial charge in [0.05, 0.1) is 17.4 Å². The predicted octanol–water partition coefficient (Wildman–Crippen LogP) is 3.85. The van der Waals surface area contributed by atoms with E-state index in [1.165, 1.54) is 11.8 Å². The number of ether oxygens (including phenoxy) is 2. The van der Waals surface area contributed by atoms with Crippen LogP contribution in [0.2, 0.25) is 0 Å². The molecule has 2 aliphatic rings. The second kappa shape index (κ2) is 13.9. The number of carbonyl (C=O) groups is 2. The summed E-state index contributed by atoms with van der Waals surface area (Å²) in [7, 11) is 1.61. The quantitative estimate of drug-likeness (QED) is 0.173. The molecule has 0 N–H and O–H groups in total. The van der Waals surface area contributed by atoms with Crippen LogP contribution in [0.25, 0.3) is 6.08 Å². The number of esters is 1. The summed E-state index contributed by atoms with van der Waals surface area (Å²) in [6, 6.07) is 2.09. The third-order valence-electron chi connectivity index (χ3n) is 6.80. The van der Waals surface area contributed by atoms with Crippen LogP contribution in [0.4, 0.5) is 5.82 Å². The van der Waals surface area contributed by atoms with E-state index in [-0.39, 0.29) is 28.9 Å². The van der Waals surface area contributed by atoms with Crippen molar-refractivity contribution in [3.63, 3.8) is 0 Å². The van der Waals surface area contributed by atoms with Crippen LogP contribution in [0.15, 0.2) is 9.70 Å². The number of anilines is 1. The lowest BCUT2D eigenvalue weighted by Crippen LogP contribution is -2.43. The van der Waals surface area contributed by atoms with Gasteiger partial charge in [0.25, 0.3) is 11.5 Å². The van der Waals surface area contributed by atoms with Crippen molar-refractivity contribution >= 4 is 52.1 Å².